The van der Waals surface area contributed by atoms with Gasteiger partial charge in [-0.1, -0.05) is 41.4 Å². The van der Waals surface area contributed by atoms with E-state index in [9.17, 15) is 0 Å². The number of hydroxylamine groups is 1. The predicted molar refractivity (Wildman–Crippen MR) is 78.4 cm³/mol. The second kappa shape index (κ2) is 12.0. The van der Waals surface area contributed by atoms with Crippen LogP contribution in [0.4, 0.5) is 0 Å². The molecule has 110 valence electrons. The molecule has 1 aromatic carbocycles. The Kier molecular flexibility index (Phi) is 10.7. The Morgan fingerprint density at radius 2 is 1.90 bits per heavy atom. The third-order valence-corrected chi connectivity index (χ3v) is 1.96. The van der Waals surface area contributed by atoms with Gasteiger partial charge in [0.15, 0.2) is 5.75 Å². The molecule has 0 aromatic heterocycles. The fourth-order valence-corrected chi connectivity index (χ4v) is 1.14. The van der Waals surface area contributed by atoms with Gasteiger partial charge in [0.1, 0.15) is 6.79 Å². The van der Waals surface area contributed by atoms with Gasteiger partial charge in [0, 0.05) is 0 Å². The molecule has 0 unspecified atom stereocenters. The van der Waals surface area contributed by atoms with Gasteiger partial charge < -0.3 is 15.1 Å². The van der Waals surface area contributed by atoms with Gasteiger partial charge in [-0.2, -0.15) is 0 Å². The average Bonchev–Trinajstić information content (AvgIpc) is 2.42. The van der Waals surface area contributed by atoms with Crippen molar-refractivity contribution < 1.29 is 20.1 Å². The number of rotatable bonds is 6. The minimum absolute atomic E-state index is 0.640. The Morgan fingerprint density at radius 1 is 1.30 bits per heavy atom. The standard InChI is InChI=1S/C14H17NO2.CH4O2/c1-4-6-13(7-5-2)15-17-16-14-10-8-12(3)9-11-14;2-1-3/h4-11,15H,1H2,2-3H3;2-3H,1H2/b7-5-,13-6+;. The van der Waals surface area contributed by atoms with Gasteiger partial charge in [-0.15, -0.1) is 0 Å². The molecule has 0 aliphatic carbocycles. The van der Waals surface area contributed by atoms with Crippen LogP contribution in [-0.2, 0) is 4.99 Å². The molecular weight excluding hydrogens is 258 g/mol. The summed E-state index contributed by atoms with van der Waals surface area (Å²) in [5, 5.41) is 14.2. The highest BCUT2D eigenvalue weighted by atomic mass is 17.3. The maximum Gasteiger partial charge on any atom is 0.168 e. The minimum Gasteiger partial charge on any atom is -0.371 e. The van der Waals surface area contributed by atoms with Crippen LogP contribution in [0.15, 0.2) is 60.8 Å². The van der Waals surface area contributed by atoms with Crippen molar-refractivity contribution >= 4 is 0 Å². The maximum absolute atomic E-state index is 7.12. The average molecular weight is 279 g/mol. The van der Waals surface area contributed by atoms with E-state index in [0.717, 1.165) is 5.70 Å². The van der Waals surface area contributed by atoms with Crippen LogP contribution < -0.4 is 10.4 Å². The van der Waals surface area contributed by atoms with Crippen LogP contribution in [0.1, 0.15) is 12.5 Å². The lowest BCUT2D eigenvalue weighted by atomic mass is 10.2. The molecule has 0 aliphatic heterocycles. The normalized spacial score (nSPS) is 10.7. The molecule has 1 aromatic rings. The van der Waals surface area contributed by atoms with Crippen molar-refractivity contribution in [3.8, 4) is 5.75 Å². The first-order valence-corrected chi connectivity index (χ1v) is 6.01. The smallest absolute Gasteiger partial charge is 0.168 e. The van der Waals surface area contributed by atoms with Crippen molar-refractivity contribution in [1.82, 2.24) is 5.48 Å². The molecule has 1 rings (SSSR count). The van der Waals surface area contributed by atoms with E-state index >= 15 is 0 Å². The Labute approximate surface area is 119 Å². The molecule has 3 N–H and O–H groups in total. The Balaban J connectivity index is 0.00000110. The van der Waals surface area contributed by atoms with E-state index < -0.39 is 6.79 Å². The van der Waals surface area contributed by atoms with Crippen LogP contribution in [0.5, 0.6) is 5.75 Å². The third-order valence-electron chi connectivity index (χ3n) is 1.96. The maximum atomic E-state index is 7.12. The highest BCUT2D eigenvalue weighted by Gasteiger charge is 1.95. The molecular formula is C15H21NO4. The van der Waals surface area contributed by atoms with Crippen molar-refractivity contribution in [1.29, 1.82) is 0 Å². The number of aliphatic hydroxyl groups is 2. The summed E-state index contributed by atoms with van der Waals surface area (Å²) in [4.78, 5) is 9.97. The molecule has 0 bridgehead atoms. The summed E-state index contributed by atoms with van der Waals surface area (Å²) in [6.45, 7) is 6.79. The zero-order valence-electron chi connectivity index (χ0n) is 11.7. The fraction of sp³-hybridized carbons (Fsp3) is 0.200. The number of hydrogen-bond donors (Lipinski definition) is 3. The van der Waals surface area contributed by atoms with Gasteiger partial charge in [0.2, 0.25) is 0 Å². The van der Waals surface area contributed by atoms with Crippen LogP contribution in [0, 0.1) is 6.92 Å². The van der Waals surface area contributed by atoms with Crippen LogP contribution in [0.2, 0.25) is 0 Å². The van der Waals surface area contributed by atoms with Crippen molar-refractivity contribution in [3.63, 3.8) is 0 Å². The number of aliphatic hydroxyl groups excluding tert-OH is 1. The lowest BCUT2D eigenvalue weighted by molar-refractivity contribution is -0.247. The van der Waals surface area contributed by atoms with Crippen molar-refractivity contribution in [3.05, 3.63) is 66.4 Å². The van der Waals surface area contributed by atoms with Crippen LogP contribution in [-0.4, -0.2) is 17.0 Å². The molecule has 0 atom stereocenters. The molecule has 0 heterocycles. The van der Waals surface area contributed by atoms with E-state index in [1.54, 1.807) is 12.2 Å². The first-order chi connectivity index (χ1) is 9.67. The first kappa shape index (κ1) is 17.9. The SMILES string of the molecule is C=C/C=C(\C=C/C)NOOc1ccc(C)cc1.OCO. The second-order valence-electron chi connectivity index (χ2n) is 3.58. The monoisotopic (exact) mass is 279 g/mol. The molecule has 0 aliphatic rings. The Bertz CT molecular complexity index is 424. The van der Waals surface area contributed by atoms with E-state index in [1.165, 1.54) is 5.56 Å². The summed E-state index contributed by atoms with van der Waals surface area (Å²) in [6.07, 6.45) is 7.17. The summed E-state index contributed by atoms with van der Waals surface area (Å²) in [5.74, 6) is 0.640. The third kappa shape index (κ3) is 8.93. The topological polar surface area (TPSA) is 71.0 Å². The van der Waals surface area contributed by atoms with E-state index in [-0.39, 0.29) is 0 Å². The lowest BCUT2D eigenvalue weighted by Crippen LogP contribution is -2.15. The molecule has 0 radical (unpaired) electrons. The van der Waals surface area contributed by atoms with Gasteiger partial charge in [-0.25, -0.2) is 5.48 Å². The molecule has 0 amide bonds. The lowest BCUT2D eigenvalue weighted by Gasteiger charge is -2.06. The van der Waals surface area contributed by atoms with Crippen LogP contribution in [0.3, 0.4) is 0 Å². The molecule has 5 nitrogen and oxygen atoms in total. The summed E-state index contributed by atoms with van der Waals surface area (Å²) in [5.41, 5.74) is 4.60. The van der Waals surface area contributed by atoms with Crippen LogP contribution >= 0.6 is 0 Å². The summed E-state index contributed by atoms with van der Waals surface area (Å²) < 4.78 is 0. The van der Waals surface area contributed by atoms with E-state index in [2.05, 4.69) is 12.1 Å². The molecule has 0 fully saturated rings. The number of allylic oxidation sites excluding steroid dienone is 4. The van der Waals surface area contributed by atoms with Crippen molar-refractivity contribution in [2.75, 3.05) is 6.79 Å². The summed E-state index contributed by atoms with van der Waals surface area (Å²) in [7, 11) is 0. The largest absolute Gasteiger partial charge is 0.371 e. The minimum atomic E-state index is -0.750. The molecule has 5 heteroatoms. The van der Waals surface area contributed by atoms with Crippen molar-refractivity contribution in [2.45, 2.75) is 13.8 Å². The molecule has 0 spiro atoms. The zero-order valence-corrected chi connectivity index (χ0v) is 11.7. The first-order valence-electron chi connectivity index (χ1n) is 6.01. The van der Waals surface area contributed by atoms with E-state index in [1.807, 2.05) is 50.3 Å². The van der Waals surface area contributed by atoms with E-state index in [4.69, 9.17) is 20.1 Å². The van der Waals surface area contributed by atoms with Gasteiger partial charge in [0.25, 0.3) is 0 Å². The summed E-state index contributed by atoms with van der Waals surface area (Å²) >= 11 is 0. The zero-order chi connectivity index (χ0) is 15.2. The number of benzene rings is 1. The van der Waals surface area contributed by atoms with E-state index in [0.29, 0.717) is 5.75 Å². The van der Waals surface area contributed by atoms with Gasteiger partial charge >= 0.3 is 0 Å². The molecule has 0 saturated carbocycles. The number of nitrogens with one attached hydrogen (secondary N) is 1. The van der Waals surface area contributed by atoms with Crippen molar-refractivity contribution in [2.24, 2.45) is 0 Å². The number of hydrogen-bond acceptors (Lipinski definition) is 5. The highest BCUT2D eigenvalue weighted by molar-refractivity contribution is 5.25. The second-order valence-corrected chi connectivity index (χ2v) is 3.58. The predicted octanol–water partition coefficient (Wildman–Crippen LogP) is 2.38. The van der Waals surface area contributed by atoms with Gasteiger partial charge in [-0.3, -0.25) is 0 Å². The van der Waals surface area contributed by atoms with Crippen LogP contribution in [0.25, 0.3) is 0 Å². The molecule has 20 heavy (non-hydrogen) atoms. The van der Waals surface area contributed by atoms with Gasteiger partial charge in [-0.05, 0) is 38.1 Å². The Morgan fingerprint density at radius 3 is 2.40 bits per heavy atom. The fourth-order valence-electron chi connectivity index (χ4n) is 1.14. The number of aryl methyl sites for hydroxylation is 1. The quantitative estimate of drug-likeness (QED) is 0.323. The highest BCUT2D eigenvalue weighted by Crippen LogP contribution is 2.11. The molecule has 0 saturated heterocycles. The summed E-state index contributed by atoms with van der Waals surface area (Å²) in [6, 6.07) is 7.57. The van der Waals surface area contributed by atoms with Gasteiger partial charge in [0.05, 0.1) is 5.70 Å². The Hall–Kier alpha value is -2.08.